The second-order valence-electron chi connectivity index (χ2n) is 2.18. The van der Waals surface area contributed by atoms with Gasteiger partial charge in [0.15, 0.2) is 0 Å². The molecule has 0 amide bonds. The Morgan fingerprint density at radius 1 is 1.21 bits per heavy atom. The molecule has 0 saturated heterocycles. The fourth-order valence-corrected chi connectivity index (χ4v) is 3.24. The molecule has 0 unspecified atom stereocenters. The molecule has 0 aliphatic carbocycles. The van der Waals surface area contributed by atoms with Crippen LogP contribution in [0.1, 0.15) is 10.4 Å². The van der Waals surface area contributed by atoms with Gasteiger partial charge in [0, 0.05) is 4.47 Å². The second kappa shape index (κ2) is 5.11. The van der Waals surface area contributed by atoms with Crippen molar-refractivity contribution in [2.75, 3.05) is 0 Å². The SMILES string of the molecule is O.O=C(O)c1c(Br)cc(Br)c(O)c1Br. The average Bonchev–Trinajstić information content (AvgIpc) is 1.99. The van der Waals surface area contributed by atoms with Gasteiger partial charge in [0.25, 0.3) is 0 Å². The number of phenolic OH excluding ortho intramolecular Hbond substituents is 1. The van der Waals surface area contributed by atoms with Gasteiger partial charge < -0.3 is 15.7 Å². The quantitative estimate of drug-likeness (QED) is 0.769. The van der Waals surface area contributed by atoms with Gasteiger partial charge in [-0.25, -0.2) is 4.79 Å². The number of carboxylic acids is 1. The van der Waals surface area contributed by atoms with Crippen LogP contribution in [-0.4, -0.2) is 21.7 Å². The molecule has 1 aromatic rings. The number of carboxylic acid groups (broad SMARTS) is 1. The number of hydrogen-bond acceptors (Lipinski definition) is 2. The van der Waals surface area contributed by atoms with Crippen molar-refractivity contribution in [2.45, 2.75) is 0 Å². The van der Waals surface area contributed by atoms with Gasteiger partial charge in [-0.1, -0.05) is 0 Å². The molecular weight excluding hydrogens is 388 g/mol. The zero-order valence-corrected chi connectivity index (χ0v) is 11.3. The van der Waals surface area contributed by atoms with Gasteiger partial charge in [0.05, 0.1) is 14.5 Å². The van der Waals surface area contributed by atoms with Crippen LogP contribution in [0, 0.1) is 0 Å². The van der Waals surface area contributed by atoms with Crippen molar-refractivity contribution in [3.8, 4) is 5.75 Å². The first-order valence-electron chi connectivity index (χ1n) is 3.05. The predicted octanol–water partition coefficient (Wildman–Crippen LogP) is 2.55. The third-order valence-electron chi connectivity index (χ3n) is 1.36. The highest BCUT2D eigenvalue weighted by atomic mass is 79.9. The van der Waals surface area contributed by atoms with Crippen molar-refractivity contribution < 1.29 is 20.5 Å². The van der Waals surface area contributed by atoms with Crippen LogP contribution in [-0.2, 0) is 0 Å². The second-order valence-corrected chi connectivity index (χ2v) is 4.68. The van der Waals surface area contributed by atoms with Crippen LogP contribution in [0.2, 0.25) is 0 Å². The Morgan fingerprint density at radius 2 is 1.71 bits per heavy atom. The predicted molar refractivity (Wildman–Crippen MR) is 61.8 cm³/mol. The molecule has 1 rings (SSSR count). The first kappa shape index (κ1) is 13.9. The Bertz CT molecular complexity index is 378. The molecule has 0 bridgehead atoms. The number of aromatic carboxylic acids is 1. The molecule has 0 aliphatic rings. The fourth-order valence-electron chi connectivity index (χ4n) is 0.776. The average molecular weight is 393 g/mol. The standard InChI is InChI=1S/C7H3Br3O3.H2O/c8-2-1-3(9)6(11)5(10)4(2)7(12)13;/h1,11H,(H,12,13);1H2. The lowest BCUT2D eigenvalue weighted by Gasteiger charge is -2.06. The Hall–Kier alpha value is -0.110. The maximum Gasteiger partial charge on any atom is 0.338 e. The van der Waals surface area contributed by atoms with Crippen LogP contribution in [0.4, 0.5) is 0 Å². The molecule has 0 fully saturated rings. The van der Waals surface area contributed by atoms with Gasteiger partial charge in [-0.15, -0.1) is 0 Å². The maximum atomic E-state index is 10.7. The number of phenols is 1. The monoisotopic (exact) mass is 390 g/mol. The third kappa shape index (κ3) is 2.47. The molecule has 4 nitrogen and oxygen atoms in total. The van der Waals surface area contributed by atoms with Crippen molar-refractivity contribution in [3.05, 3.63) is 25.0 Å². The van der Waals surface area contributed by atoms with Crippen molar-refractivity contribution >= 4 is 53.8 Å². The summed E-state index contributed by atoms with van der Waals surface area (Å²) >= 11 is 9.15. The first-order chi connectivity index (χ1) is 5.95. The molecule has 0 heterocycles. The number of carbonyl (C=O) groups is 1. The normalized spacial score (nSPS) is 9.36. The summed E-state index contributed by atoms with van der Waals surface area (Å²) in [6, 6.07) is 1.48. The van der Waals surface area contributed by atoms with Crippen LogP contribution >= 0.6 is 47.8 Å². The van der Waals surface area contributed by atoms with Gasteiger partial charge in [-0.3, -0.25) is 0 Å². The molecule has 4 N–H and O–H groups in total. The molecule has 14 heavy (non-hydrogen) atoms. The molecule has 7 heteroatoms. The summed E-state index contributed by atoms with van der Waals surface area (Å²) in [5, 5.41) is 18.2. The van der Waals surface area contributed by atoms with E-state index in [9.17, 15) is 9.90 Å². The Balaban J connectivity index is 0.00000169. The van der Waals surface area contributed by atoms with Crippen molar-refractivity contribution in [3.63, 3.8) is 0 Å². The van der Waals surface area contributed by atoms with E-state index < -0.39 is 5.97 Å². The molecule has 0 atom stereocenters. The lowest BCUT2D eigenvalue weighted by atomic mass is 10.2. The van der Waals surface area contributed by atoms with E-state index >= 15 is 0 Å². The number of aromatic hydroxyl groups is 1. The smallest absolute Gasteiger partial charge is 0.338 e. The summed E-state index contributed by atoms with van der Waals surface area (Å²) < 4.78 is 0.981. The summed E-state index contributed by atoms with van der Waals surface area (Å²) in [6.07, 6.45) is 0. The van der Waals surface area contributed by atoms with Gasteiger partial charge in [-0.2, -0.15) is 0 Å². The van der Waals surface area contributed by atoms with Crippen LogP contribution in [0.3, 0.4) is 0 Å². The number of rotatable bonds is 1. The molecule has 78 valence electrons. The molecule has 1 aromatic carbocycles. The van der Waals surface area contributed by atoms with Crippen LogP contribution in [0.25, 0.3) is 0 Å². The molecular formula is C7H5Br3O4. The molecule has 0 aromatic heterocycles. The topological polar surface area (TPSA) is 89.0 Å². The first-order valence-corrected chi connectivity index (χ1v) is 5.42. The van der Waals surface area contributed by atoms with Crippen LogP contribution in [0.15, 0.2) is 19.5 Å². The van der Waals surface area contributed by atoms with Gasteiger partial charge in [-0.05, 0) is 53.9 Å². The summed E-state index contributed by atoms with van der Waals surface area (Å²) in [7, 11) is 0. The van der Waals surface area contributed by atoms with Crippen LogP contribution < -0.4 is 0 Å². The lowest BCUT2D eigenvalue weighted by molar-refractivity contribution is 0.0694. The Kier molecular flexibility index (Phi) is 5.07. The minimum absolute atomic E-state index is 0. The van der Waals surface area contributed by atoms with Crippen LogP contribution in [0.5, 0.6) is 5.75 Å². The number of halogens is 3. The van der Waals surface area contributed by atoms with E-state index in [1.54, 1.807) is 0 Å². The van der Waals surface area contributed by atoms with E-state index in [0.29, 0.717) is 8.95 Å². The van der Waals surface area contributed by atoms with E-state index in [0.717, 1.165) is 0 Å². The van der Waals surface area contributed by atoms with Gasteiger partial charge in [0.1, 0.15) is 5.75 Å². The van der Waals surface area contributed by atoms with Crippen molar-refractivity contribution in [2.24, 2.45) is 0 Å². The van der Waals surface area contributed by atoms with E-state index in [4.69, 9.17) is 5.11 Å². The van der Waals surface area contributed by atoms with Gasteiger partial charge in [0.2, 0.25) is 0 Å². The highest BCUT2D eigenvalue weighted by Gasteiger charge is 2.18. The summed E-state index contributed by atoms with van der Waals surface area (Å²) in [5.41, 5.74) is 0.000648. The summed E-state index contributed by atoms with van der Waals surface area (Å²) in [4.78, 5) is 10.7. The highest BCUT2D eigenvalue weighted by molar-refractivity contribution is 9.11. The lowest BCUT2D eigenvalue weighted by Crippen LogP contribution is -1.99. The van der Waals surface area contributed by atoms with Crippen molar-refractivity contribution in [1.82, 2.24) is 0 Å². The van der Waals surface area contributed by atoms with Crippen molar-refractivity contribution in [1.29, 1.82) is 0 Å². The largest absolute Gasteiger partial charge is 0.506 e. The third-order valence-corrected chi connectivity index (χ3v) is 3.36. The Morgan fingerprint density at radius 3 is 2.14 bits per heavy atom. The molecule has 0 saturated carbocycles. The molecule has 0 aliphatic heterocycles. The Labute approximate surface area is 105 Å². The van der Waals surface area contributed by atoms with E-state index in [1.165, 1.54) is 6.07 Å². The fraction of sp³-hybridized carbons (Fsp3) is 0. The van der Waals surface area contributed by atoms with E-state index in [2.05, 4.69) is 47.8 Å². The summed E-state index contributed by atoms with van der Waals surface area (Å²) in [5.74, 6) is -1.23. The zero-order chi connectivity index (χ0) is 10.2. The van der Waals surface area contributed by atoms with E-state index in [1.807, 2.05) is 0 Å². The minimum atomic E-state index is -1.11. The highest BCUT2D eigenvalue weighted by Crippen LogP contribution is 2.39. The van der Waals surface area contributed by atoms with Gasteiger partial charge >= 0.3 is 5.97 Å². The number of hydrogen-bond donors (Lipinski definition) is 2. The maximum absolute atomic E-state index is 10.7. The van der Waals surface area contributed by atoms with E-state index in [-0.39, 0.29) is 21.3 Å². The minimum Gasteiger partial charge on any atom is -0.506 e. The number of benzene rings is 1. The summed E-state index contributed by atoms with van der Waals surface area (Å²) in [6.45, 7) is 0. The zero-order valence-electron chi connectivity index (χ0n) is 6.51. The molecule has 0 radical (unpaired) electrons. The molecule has 0 spiro atoms.